The molecule has 0 saturated carbocycles. The molecule has 2 aromatic rings. The maximum Gasteiger partial charge on any atom is 0.268 e. The number of aryl methyl sites for hydroxylation is 2. The predicted molar refractivity (Wildman–Crippen MR) is 80.9 cm³/mol. The Hall–Kier alpha value is -2.27. The van der Waals surface area contributed by atoms with Crippen molar-refractivity contribution < 1.29 is 9.21 Å². The van der Waals surface area contributed by atoms with Crippen LogP contribution >= 0.6 is 0 Å². The highest BCUT2D eigenvalue weighted by molar-refractivity contribution is 5.93. The van der Waals surface area contributed by atoms with E-state index in [1.165, 1.54) is 23.1 Å². The summed E-state index contributed by atoms with van der Waals surface area (Å²) in [6.45, 7) is 3.77. The second-order valence-corrected chi connectivity index (χ2v) is 5.43. The van der Waals surface area contributed by atoms with Gasteiger partial charge in [0.1, 0.15) is 12.0 Å². The summed E-state index contributed by atoms with van der Waals surface area (Å²) in [5, 5.41) is 0. The number of anilines is 1. The van der Waals surface area contributed by atoms with Crippen LogP contribution in [0.15, 0.2) is 34.9 Å². The van der Waals surface area contributed by atoms with E-state index in [-0.39, 0.29) is 5.91 Å². The Balaban J connectivity index is 1.80. The number of carbonyl (C=O) groups is 1. The number of amides is 1. The molecule has 5 nitrogen and oxygen atoms in total. The third-order valence-electron chi connectivity index (χ3n) is 3.84. The first kappa shape index (κ1) is 13.7. The van der Waals surface area contributed by atoms with Gasteiger partial charge in [0.15, 0.2) is 0 Å². The number of furan rings is 1. The fourth-order valence-corrected chi connectivity index (χ4v) is 2.82. The molecule has 5 heteroatoms. The van der Waals surface area contributed by atoms with E-state index in [9.17, 15) is 4.79 Å². The summed E-state index contributed by atoms with van der Waals surface area (Å²) in [5.41, 5.74) is 6.49. The Morgan fingerprint density at radius 3 is 3.10 bits per heavy atom. The van der Waals surface area contributed by atoms with Crippen LogP contribution in [0.5, 0.6) is 0 Å². The summed E-state index contributed by atoms with van der Waals surface area (Å²) in [7, 11) is 0. The summed E-state index contributed by atoms with van der Waals surface area (Å²) in [6.07, 6.45) is 3.69. The summed E-state index contributed by atoms with van der Waals surface area (Å²) >= 11 is 0. The number of nitrogens with two attached hydrogens (primary N) is 1. The van der Waals surface area contributed by atoms with E-state index in [0.717, 1.165) is 25.1 Å². The molecule has 3 rings (SSSR count). The highest BCUT2D eigenvalue weighted by atomic mass is 16.3. The smallest absolute Gasteiger partial charge is 0.268 e. The topological polar surface area (TPSA) is 71.5 Å². The number of nitrogen functional groups attached to an aromatic ring is 1. The number of benzene rings is 1. The Kier molecular flexibility index (Phi) is 3.66. The zero-order valence-electron chi connectivity index (χ0n) is 12.1. The van der Waals surface area contributed by atoms with Crippen molar-refractivity contribution >= 4 is 11.6 Å². The van der Waals surface area contributed by atoms with Gasteiger partial charge in [-0.3, -0.25) is 10.2 Å². The first-order valence-electron chi connectivity index (χ1n) is 7.10. The number of hydrogen-bond acceptors (Lipinski definition) is 4. The third-order valence-corrected chi connectivity index (χ3v) is 3.84. The van der Waals surface area contributed by atoms with Gasteiger partial charge in [-0.1, -0.05) is 17.7 Å². The zero-order valence-corrected chi connectivity index (χ0v) is 12.1. The lowest BCUT2D eigenvalue weighted by Gasteiger charge is -2.30. The minimum Gasteiger partial charge on any atom is -0.467 e. The van der Waals surface area contributed by atoms with E-state index in [1.807, 2.05) is 0 Å². The van der Waals surface area contributed by atoms with Gasteiger partial charge in [0.2, 0.25) is 0 Å². The van der Waals surface area contributed by atoms with Crippen molar-refractivity contribution in [3.63, 3.8) is 0 Å². The summed E-state index contributed by atoms with van der Waals surface area (Å²) in [6, 6.07) is 8.29. The molecule has 110 valence electrons. The molecular weight excluding hydrogens is 266 g/mol. The van der Waals surface area contributed by atoms with Gasteiger partial charge in [-0.25, -0.2) is 5.84 Å². The van der Waals surface area contributed by atoms with Crippen LogP contribution in [0.2, 0.25) is 0 Å². The number of nitrogens with one attached hydrogen (secondary N) is 1. The Morgan fingerprint density at radius 2 is 2.29 bits per heavy atom. The van der Waals surface area contributed by atoms with E-state index in [4.69, 9.17) is 10.3 Å². The first-order chi connectivity index (χ1) is 10.2. The van der Waals surface area contributed by atoms with Crippen molar-refractivity contribution in [2.75, 3.05) is 11.4 Å². The number of hydrazine groups is 1. The number of fused-ring (bicyclic) bond motifs is 1. The molecule has 0 aliphatic carbocycles. The molecule has 3 N–H and O–H groups in total. The molecular formula is C16H19N3O2. The molecule has 1 aliphatic heterocycles. The second-order valence-electron chi connectivity index (χ2n) is 5.43. The van der Waals surface area contributed by atoms with E-state index < -0.39 is 0 Å². The van der Waals surface area contributed by atoms with E-state index in [2.05, 4.69) is 35.4 Å². The highest BCUT2D eigenvalue weighted by Gasteiger charge is 2.19. The second kappa shape index (κ2) is 5.61. The van der Waals surface area contributed by atoms with Gasteiger partial charge in [-0.2, -0.15) is 0 Å². The van der Waals surface area contributed by atoms with Crippen LogP contribution in [0.1, 0.15) is 33.7 Å². The summed E-state index contributed by atoms with van der Waals surface area (Å²) in [5.74, 6) is 5.56. The van der Waals surface area contributed by atoms with Crippen molar-refractivity contribution in [3.05, 3.63) is 53.0 Å². The minimum atomic E-state index is -0.334. The van der Waals surface area contributed by atoms with Crippen molar-refractivity contribution in [2.24, 2.45) is 5.84 Å². The molecule has 21 heavy (non-hydrogen) atoms. The fourth-order valence-electron chi connectivity index (χ4n) is 2.82. The normalized spacial score (nSPS) is 13.9. The minimum absolute atomic E-state index is 0.334. The van der Waals surface area contributed by atoms with Gasteiger partial charge in [0.25, 0.3) is 5.91 Å². The van der Waals surface area contributed by atoms with Crippen LogP contribution in [0.3, 0.4) is 0 Å². The molecule has 2 heterocycles. The lowest BCUT2D eigenvalue weighted by Crippen LogP contribution is -2.30. The number of hydrogen-bond donors (Lipinski definition) is 2. The van der Waals surface area contributed by atoms with E-state index >= 15 is 0 Å². The Labute approximate surface area is 123 Å². The Morgan fingerprint density at radius 1 is 1.43 bits per heavy atom. The van der Waals surface area contributed by atoms with Crippen LogP contribution in [-0.2, 0) is 13.0 Å². The maximum atomic E-state index is 11.4. The molecule has 1 aliphatic rings. The molecule has 1 amide bonds. The van der Waals surface area contributed by atoms with Crippen molar-refractivity contribution in [1.82, 2.24) is 5.43 Å². The van der Waals surface area contributed by atoms with Gasteiger partial charge in [0, 0.05) is 12.2 Å². The van der Waals surface area contributed by atoms with Crippen LogP contribution < -0.4 is 16.2 Å². The van der Waals surface area contributed by atoms with Crippen molar-refractivity contribution in [2.45, 2.75) is 26.3 Å². The molecule has 0 spiro atoms. The molecule has 0 unspecified atom stereocenters. The average molecular weight is 285 g/mol. The molecule has 0 saturated heterocycles. The quantitative estimate of drug-likeness (QED) is 0.515. The lowest BCUT2D eigenvalue weighted by atomic mass is 9.99. The van der Waals surface area contributed by atoms with Gasteiger partial charge in [-0.05, 0) is 37.5 Å². The van der Waals surface area contributed by atoms with Gasteiger partial charge in [-0.15, -0.1) is 0 Å². The van der Waals surface area contributed by atoms with E-state index in [1.54, 1.807) is 6.07 Å². The average Bonchev–Trinajstić information content (AvgIpc) is 2.95. The van der Waals surface area contributed by atoms with Crippen LogP contribution in [0.25, 0.3) is 0 Å². The first-order valence-corrected chi connectivity index (χ1v) is 7.10. The zero-order chi connectivity index (χ0) is 14.8. The molecule has 0 radical (unpaired) electrons. The maximum absolute atomic E-state index is 11.4. The number of nitrogens with zero attached hydrogens (tertiary/aromatic N) is 1. The molecule has 0 bridgehead atoms. The molecule has 0 fully saturated rings. The fraction of sp³-hybridized carbons (Fsp3) is 0.312. The molecule has 1 aromatic heterocycles. The largest absolute Gasteiger partial charge is 0.467 e. The number of rotatable bonds is 3. The van der Waals surface area contributed by atoms with Crippen LogP contribution in [0.4, 0.5) is 5.69 Å². The Bertz CT molecular complexity index is 663. The lowest BCUT2D eigenvalue weighted by molar-refractivity contribution is 0.0953. The number of carbonyl (C=O) groups excluding carboxylic acids is 1. The highest BCUT2D eigenvalue weighted by Crippen LogP contribution is 2.29. The van der Waals surface area contributed by atoms with Crippen LogP contribution in [-0.4, -0.2) is 12.5 Å². The van der Waals surface area contributed by atoms with Crippen molar-refractivity contribution in [3.8, 4) is 0 Å². The molecule has 1 aromatic carbocycles. The van der Waals surface area contributed by atoms with Crippen molar-refractivity contribution in [1.29, 1.82) is 0 Å². The molecule has 0 atom stereocenters. The predicted octanol–water partition coefficient (Wildman–Crippen LogP) is 2.14. The van der Waals surface area contributed by atoms with Gasteiger partial charge < -0.3 is 9.32 Å². The van der Waals surface area contributed by atoms with Gasteiger partial charge >= 0.3 is 0 Å². The summed E-state index contributed by atoms with van der Waals surface area (Å²) in [4.78, 5) is 13.7. The SMILES string of the molecule is Cc1ccc2c(c1)CCCN2Cc1cc(C(=O)NN)co1. The summed E-state index contributed by atoms with van der Waals surface area (Å²) < 4.78 is 5.47. The monoisotopic (exact) mass is 285 g/mol. The van der Waals surface area contributed by atoms with Crippen LogP contribution in [0, 0.1) is 6.92 Å². The van der Waals surface area contributed by atoms with Gasteiger partial charge in [0.05, 0.1) is 12.1 Å². The van der Waals surface area contributed by atoms with E-state index in [0.29, 0.717) is 12.1 Å². The third kappa shape index (κ3) is 2.78. The standard InChI is InChI=1S/C16H19N3O2/c1-11-4-5-15-12(7-11)3-2-6-19(15)9-14-8-13(10-21-14)16(20)18-17/h4-5,7-8,10H,2-3,6,9,17H2,1H3,(H,18,20).